The summed E-state index contributed by atoms with van der Waals surface area (Å²) >= 11 is 3.30. The number of sulfonamides is 1. The van der Waals surface area contributed by atoms with E-state index in [4.69, 9.17) is 5.73 Å². The lowest BCUT2D eigenvalue weighted by Crippen LogP contribution is -2.30. The minimum atomic E-state index is -3.53. The van der Waals surface area contributed by atoms with Gasteiger partial charge < -0.3 is 5.73 Å². The van der Waals surface area contributed by atoms with Crippen LogP contribution in [0.2, 0.25) is 0 Å². The van der Waals surface area contributed by atoms with Crippen molar-refractivity contribution in [2.24, 2.45) is 0 Å². The highest BCUT2D eigenvalue weighted by molar-refractivity contribution is 9.10. The standard InChI is InChI=1S/C15H17BrN2O2S/c1-2-18(11-12-5-3-4-6-15(12)17)21(19,20)14-9-7-13(16)8-10-14/h3-10H,2,11,17H2,1H3. The largest absolute Gasteiger partial charge is 0.398 e. The number of hydrogen-bond donors (Lipinski definition) is 1. The second-order valence-corrected chi connectivity index (χ2v) is 7.44. The molecule has 0 fully saturated rings. The van der Waals surface area contributed by atoms with Crippen molar-refractivity contribution >= 4 is 31.6 Å². The summed E-state index contributed by atoms with van der Waals surface area (Å²) in [7, 11) is -3.53. The number of hydrogen-bond acceptors (Lipinski definition) is 3. The van der Waals surface area contributed by atoms with E-state index in [0.717, 1.165) is 10.0 Å². The summed E-state index contributed by atoms with van der Waals surface area (Å²) in [6, 6.07) is 13.9. The van der Waals surface area contributed by atoms with Crippen LogP contribution in [0, 0.1) is 0 Å². The first-order chi connectivity index (χ1) is 9.95. The smallest absolute Gasteiger partial charge is 0.243 e. The van der Waals surface area contributed by atoms with Crippen LogP contribution in [0.5, 0.6) is 0 Å². The van der Waals surface area contributed by atoms with Crippen molar-refractivity contribution in [1.82, 2.24) is 4.31 Å². The van der Waals surface area contributed by atoms with E-state index in [2.05, 4.69) is 15.9 Å². The SMILES string of the molecule is CCN(Cc1ccccc1N)S(=O)(=O)c1ccc(Br)cc1. The van der Waals surface area contributed by atoms with Gasteiger partial charge in [0.25, 0.3) is 0 Å². The molecule has 0 saturated carbocycles. The van der Waals surface area contributed by atoms with Gasteiger partial charge >= 0.3 is 0 Å². The number of rotatable bonds is 5. The van der Waals surface area contributed by atoms with Crippen LogP contribution in [0.25, 0.3) is 0 Å². The van der Waals surface area contributed by atoms with Crippen molar-refractivity contribution in [3.63, 3.8) is 0 Å². The van der Waals surface area contributed by atoms with E-state index in [1.807, 2.05) is 25.1 Å². The maximum Gasteiger partial charge on any atom is 0.243 e. The first-order valence-corrected chi connectivity index (χ1v) is 8.77. The number of benzene rings is 2. The predicted molar refractivity (Wildman–Crippen MR) is 88.3 cm³/mol. The summed E-state index contributed by atoms with van der Waals surface area (Å²) in [6.45, 7) is 2.46. The van der Waals surface area contributed by atoms with Gasteiger partial charge in [0.2, 0.25) is 10.0 Å². The zero-order chi connectivity index (χ0) is 15.5. The molecular formula is C15H17BrN2O2S. The van der Waals surface area contributed by atoms with Gasteiger partial charge in [-0.25, -0.2) is 8.42 Å². The fourth-order valence-electron chi connectivity index (χ4n) is 1.99. The van der Waals surface area contributed by atoms with Crippen LogP contribution in [0.4, 0.5) is 5.69 Å². The molecule has 0 unspecified atom stereocenters. The third-order valence-corrected chi connectivity index (χ3v) is 5.67. The minimum Gasteiger partial charge on any atom is -0.398 e. The number of anilines is 1. The molecular weight excluding hydrogens is 352 g/mol. The number of halogens is 1. The molecule has 0 spiro atoms. The van der Waals surface area contributed by atoms with E-state index in [9.17, 15) is 8.42 Å². The van der Waals surface area contributed by atoms with E-state index in [1.54, 1.807) is 30.3 Å². The Morgan fingerprint density at radius 2 is 1.71 bits per heavy atom. The molecule has 2 aromatic carbocycles. The fourth-order valence-corrected chi connectivity index (χ4v) is 3.68. The first-order valence-electron chi connectivity index (χ1n) is 6.54. The number of nitrogens with two attached hydrogens (primary N) is 1. The quantitative estimate of drug-likeness (QED) is 0.823. The zero-order valence-electron chi connectivity index (χ0n) is 11.7. The van der Waals surface area contributed by atoms with Gasteiger partial charge in [-0.05, 0) is 35.9 Å². The van der Waals surface area contributed by atoms with Crippen molar-refractivity contribution < 1.29 is 8.42 Å². The molecule has 0 aliphatic rings. The average molecular weight is 369 g/mol. The second-order valence-electron chi connectivity index (χ2n) is 4.58. The van der Waals surface area contributed by atoms with Crippen LogP contribution in [0.1, 0.15) is 12.5 Å². The molecule has 2 aromatic rings. The van der Waals surface area contributed by atoms with Crippen molar-refractivity contribution in [1.29, 1.82) is 0 Å². The molecule has 0 aliphatic heterocycles. The van der Waals surface area contributed by atoms with Gasteiger partial charge in [0.05, 0.1) is 4.90 Å². The summed E-state index contributed by atoms with van der Waals surface area (Å²) in [6.07, 6.45) is 0. The highest BCUT2D eigenvalue weighted by Crippen LogP contribution is 2.22. The van der Waals surface area contributed by atoms with Gasteiger partial charge in [-0.2, -0.15) is 4.31 Å². The van der Waals surface area contributed by atoms with Crippen LogP contribution in [0.3, 0.4) is 0 Å². The van der Waals surface area contributed by atoms with Crippen LogP contribution in [-0.4, -0.2) is 19.3 Å². The third-order valence-electron chi connectivity index (χ3n) is 3.21. The van der Waals surface area contributed by atoms with E-state index >= 15 is 0 Å². The van der Waals surface area contributed by atoms with E-state index in [1.165, 1.54) is 4.31 Å². The predicted octanol–water partition coefficient (Wildman–Crippen LogP) is 3.24. The molecule has 0 amide bonds. The lowest BCUT2D eigenvalue weighted by Gasteiger charge is -2.21. The molecule has 0 aromatic heterocycles. The molecule has 0 bridgehead atoms. The van der Waals surface area contributed by atoms with E-state index in [0.29, 0.717) is 12.2 Å². The molecule has 2 rings (SSSR count). The molecule has 21 heavy (non-hydrogen) atoms. The van der Waals surface area contributed by atoms with Gasteiger partial charge in [0, 0.05) is 23.2 Å². The van der Waals surface area contributed by atoms with Gasteiger partial charge in [-0.1, -0.05) is 41.1 Å². The maximum atomic E-state index is 12.7. The van der Waals surface area contributed by atoms with Crippen molar-refractivity contribution in [3.8, 4) is 0 Å². The molecule has 0 radical (unpaired) electrons. The molecule has 0 saturated heterocycles. The molecule has 0 aliphatic carbocycles. The van der Waals surface area contributed by atoms with Gasteiger partial charge in [-0.3, -0.25) is 0 Å². The topological polar surface area (TPSA) is 63.4 Å². The van der Waals surface area contributed by atoms with Crippen molar-refractivity contribution in [3.05, 3.63) is 58.6 Å². The van der Waals surface area contributed by atoms with E-state index in [-0.39, 0.29) is 11.4 Å². The highest BCUT2D eigenvalue weighted by atomic mass is 79.9. The van der Waals surface area contributed by atoms with Crippen molar-refractivity contribution in [2.75, 3.05) is 12.3 Å². The summed E-state index contributed by atoms with van der Waals surface area (Å²) in [5, 5.41) is 0. The first kappa shape index (κ1) is 16.0. The molecule has 4 nitrogen and oxygen atoms in total. The van der Waals surface area contributed by atoms with Crippen LogP contribution in [-0.2, 0) is 16.6 Å². The maximum absolute atomic E-state index is 12.7. The lowest BCUT2D eigenvalue weighted by atomic mass is 10.2. The number of nitrogens with zero attached hydrogens (tertiary/aromatic N) is 1. The van der Waals surface area contributed by atoms with Gasteiger partial charge in [0.15, 0.2) is 0 Å². The third kappa shape index (κ3) is 3.64. The average Bonchev–Trinajstić information content (AvgIpc) is 2.46. The molecule has 112 valence electrons. The second kappa shape index (κ2) is 6.60. The van der Waals surface area contributed by atoms with Gasteiger partial charge in [-0.15, -0.1) is 0 Å². The van der Waals surface area contributed by atoms with Crippen molar-refractivity contribution in [2.45, 2.75) is 18.4 Å². The Bertz CT molecular complexity index is 715. The Balaban J connectivity index is 2.32. The summed E-state index contributed by atoms with van der Waals surface area (Å²) in [5.41, 5.74) is 7.30. The summed E-state index contributed by atoms with van der Waals surface area (Å²) in [4.78, 5) is 0.280. The van der Waals surface area contributed by atoms with Gasteiger partial charge in [0.1, 0.15) is 0 Å². The summed E-state index contributed by atoms with van der Waals surface area (Å²) < 4.78 is 27.6. The molecule has 6 heteroatoms. The monoisotopic (exact) mass is 368 g/mol. The van der Waals surface area contributed by atoms with Crippen LogP contribution >= 0.6 is 15.9 Å². The molecule has 0 atom stereocenters. The minimum absolute atomic E-state index is 0.265. The highest BCUT2D eigenvalue weighted by Gasteiger charge is 2.23. The molecule has 2 N–H and O–H groups in total. The Morgan fingerprint density at radius 1 is 1.10 bits per heavy atom. The van der Waals surface area contributed by atoms with Crippen LogP contribution < -0.4 is 5.73 Å². The Morgan fingerprint density at radius 3 is 2.29 bits per heavy atom. The number of para-hydroxylation sites is 1. The van der Waals surface area contributed by atoms with Crippen LogP contribution in [0.15, 0.2) is 57.9 Å². The lowest BCUT2D eigenvalue weighted by molar-refractivity contribution is 0.424. The fraction of sp³-hybridized carbons (Fsp3) is 0.200. The van der Waals surface area contributed by atoms with E-state index < -0.39 is 10.0 Å². The number of nitrogen functional groups attached to an aromatic ring is 1. The summed E-state index contributed by atoms with van der Waals surface area (Å²) in [5.74, 6) is 0. The zero-order valence-corrected chi connectivity index (χ0v) is 14.1. The Hall–Kier alpha value is -1.37. The Labute approximate surface area is 133 Å². The normalized spacial score (nSPS) is 11.8. The Kier molecular flexibility index (Phi) is 5.03. The molecule has 0 heterocycles.